The van der Waals surface area contributed by atoms with Gasteiger partial charge in [0.2, 0.25) is 0 Å². The van der Waals surface area contributed by atoms with E-state index in [0.717, 1.165) is 37.9 Å². The number of esters is 1. The third-order valence-electron chi connectivity index (χ3n) is 5.12. The van der Waals surface area contributed by atoms with E-state index in [1.165, 1.54) is 7.11 Å². The first-order valence-corrected chi connectivity index (χ1v) is 10.2. The lowest BCUT2D eigenvalue weighted by molar-refractivity contribution is -0.142. The highest BCUT2D eigenvalue weighted by Gasteiger charge is 2.24. The summed E-state index contributed by atoms with van der Waals surface area (Å²) in [5.74, 6) is -0.633. The lowest BCUT2D eigenvalue weighted by Gasteiger charge is -2.27. The van der Waals surface area contributed by atoms with E-state index in [4.69, 9.17) is 4.74 Å². The second kappa shape index (κ2) is 10.4. The van der Waals surface area contributed by atoms with Crippen LogP contribution in [0.2, 0.25) is 0 Å². The number of hydrogen-bond acceptors (Lipinski definition) is 4. The Labute approximate surface area is 176 Å². The summed E-state index contributed by atoms with van der Waals surface area (Å²) >= 11 is 0. The molecule has 7 heteroatoms. The van der Waals surface area contributed by atoms with Crippen molar-refractivity contribution in [1.82, 2.24) is 10.2 Å². The number of rotatable bonds is 6. The van der Waals surface area contributed by atoms with Gasteiger partial charge in [-0.25, -0.2) is 9.59 Å². The number of amides is 3. The summed E-state index contributed by atoms with van der Waals surface area (Å²) in [5.41, 5.74) is 1.75. The molecule has 0 aromatic heterocycles. The van der Waals surface area contributed by atoms with Crippen LogP contribution in [0.25, 0.3) is 0 Å². The first kappa shape index (κ1) is 21.4. The number of urea groups is 1. The molecule has 1 aliphatic rings. The molecule has 2 N–H and O–H groups in total. The van der Waals surface area contributed by atoms with Crippen molar-refractivity contribution in [2.75, 3.05) is 25.5 Å². The molecule has 0 radical (unpaired) electrons. The van der Waals surface area contributed by atoms with Crippen LogP contribution in [0.3, 0.4) is 0 Å². The summed E-state index contributed by atoms with van der Waals surface area (Å²) in [5, 5.41) is 5.38. The number of para-hydroxylation sites is 1. The minimum Gasteiger partial charge on any atom is -0.467 e. The highest BCUT2D eigenvalue weighted by atomic mass is 16.5. The predicted octanol–water partition coefficient (Wildman–Crippen LogP) is 3.22. The van der Waals surface area contributed by atoms with Gasteiger partial charge in [0.05, 0.1) is 18.4 Å². The van der Waals surface area contributed by atoms with E-state index in [-0.39, 0.29) is 5.91 Å². The van der Waals surface area contributed by atoms with Gasteiger partial charge in [-0.05, 0) is 37.0 Å². The van der Waals surface area contributed by atoms with Crippen molar-refractivity contribution in [3.63, 3.8) is 0 Å². The van der Waals surface area contributed by atoms with Crippen molar-refractivity contribution in [3.05, 3.63) is 65.7 Å². The summed E-state index contributed by atoms with van der Waals surface area (Å²) in [7, 11) is 1.28. The molecule has 1 atom stereocenters. The summed E-state index contributed by atoms with van der Waals surface area (Å²) in [6, 6.07) is 14.9. The Morgan fingerprint density at radius 3 is 2.33 bits per heavy atom. The second-order valence-corrected chi connectivity index (χ2v) is 7.26. The quantitative estimate of drug-likeness (QED) is 0.717. The lowest BCUT2D eigenvalue weighted by atomic mass is 10.1. The van der Waals surface area contributed by atoms with Crippen LogP contribution in [0.1, 0.15) is 35.2 Å². The van der Waals surface area contributed by atoms with Gasteiger partial charge in [0.1, 0.15) is 6.04 Å². The van der Waals surface area contributed by atoms with Crippen LogP contribution in [0, 0.1) is 0 Å². The summed E-state index contributed by atoms with van der Waals surface area (Å²) < 4.78 is 4.83. The molecule has 0 bridgehead atoms. The number of nitrogens with one attached hydrogen (secondary N) is 2. The topological polar surface area (TPSA) is 87.7 Å². The Morgan fingerprint density at radius 2 is 1.63 bits per heavy atom. The van der Waals surface area contributed by atoms with Crippen molar-refractivity contribution in [1.29, 1.82) is 0 Å². The maximum Gasteiger partial charge on any atom is 0.328 e. The van der Waals surface area contributed by atoms with Gasteiger partial charge in [0, 0.05) is 19.5 Å². The van der Waals surface area contributed by atoms with E-state index in [9.17, 15) is 14.4 Å². The fraction of sp³-hybridized carbons (Fsp3) is 0.348. The molecule has 1 fully saturated rings. The minimum absolute atomic E-state index is 0.0978. The molecule has 1 aliphatic heterocycles. The van der Waals surface area contributed by atoms with E-state index in [2.05, 4.69) is 10.6 Å². The summed E-state index contributed by atoms with van der Waals surface area (Å²) in [4.78, 5) is 39.5. The van der Waals surface area contributed by atoms with Gasteiger partial charge in [-0.1, -0.05) is 42.5 Å². The van der Waals surface area contributed by atoms with Gasteiger partial charge in [0.15, 0.2) is 0 Å². The van der Waals surface area contributed by atoms with Gasteiger partial charge >= 0.3 is 12.0 Å². The molecular weight excluding hydrogens is 382 g/mol. The standard InChI is InChI=1S/C23H27N3O4/c1-30-22(28)20(16-17-10-4-2-5-11-17)25-23(29)24-19-13-7-6-12-18(19)21(27)26-14-8-3-9-15-26/h2,4-7,10-13,20H,3,8-9,14-16H2,1H3,(H2,24,25,29). The molecular formula is C23H27N3O4. The number of benzene rings is 2. The highest BCUT2D eigenvalue weighted by Crippen LogP contribution is 2.20. The minimum atomic E-state index is -0.845. The van der Waals surface area contributed by atoms with Crippen molar-refractivity contribution >= 4 is 23.6 Å². The van der Waals surface area contributed by atoms with Crippen LogP contribution in [0.4, 0.5) is 10.5 Å². The number of nitrogens with zero attached hydrogens (tertiary/aromatic N) is 1. The molecule has 3 rings (SSSR count). The van der Waals surface area contributed by atoms with Gasteiger partial charge in [-0.15, -0.1) is 0 Å². The van der Waals surface area contributed by atoms with Crippen molar-refractivity contribution in [2.24, 2.45) is 0 Å². The Hall–Kier alpha value is -3.35. The third-order valence-corrected chi connectivity index (χ3v) is 5.12. The van der Waals surface area contributed by atoms with Gasteiger partial charge < -0.3 is 20.3 Å². The SMILES string of the molecule is COC(=O)C(Cc1ccccc1)NC(=O)Nc1ccccc1C(=O)N1CCCCC1. The van der Waals surface area contributed by atoms with Crippen LogP contribution in [-0.4, -0.2) is 49.0 Å². The summed E-state index contributed by atoms with van der Waals surface area (Å²) in [6.07, 6.45) is 3.40. The molecule has 0 saturated carbocycles. The molecule has 2 aromatic rings. The Balaban J connectivity index is 1.70. The van der Waals surface area contributed by atoms with Crippen molar-refractivity contribution in [2.45, 2.75) is 31.7 Å². The lowest BCUT2D eigenvalue weighted by Crippen LogP contribution is -2.45. The van der Waals surface area contributed by atoms with E-state index in [1.54, 1.807) is 24.3 Å². The first-order valence-electron chi connectivity index (χ1n) is 10.2. The molecule has 1 unspecified atom stereocenters. The number of anilines is 1. The molecule has 3 amide bonds. The van der Waals surface area contributed by atoms with Crippen LogP contribution in [0.15, 0.2) is 54.6 Å². The van der Waals surface area contributed by atoms with Gasteiger partial charge in [0.25, 0.3) is 5.91 Å². The normalized spacial score (nSPS) is 14.5. The number of carbonyl (C=O) groups excluding carboxylic acids is 3. The number of piperidine rings is 1. The molecule has 0 spiro atoms. The molecule has 1 saturated heterocycles. The molecule has 158 valence electrons. The maximum absolute atomic E-state index is 12.9. The average Bonchev–Trinajstić information content (AvgIpc) is 2.79. The fourth-order valence-electron chi connectivity index (χ4n) is 3.55. The van der Waals surface area contributed by atoms with Crippen molar-refractivity contribution in [3.8, 4) is 0 Å². The van der Waals surface area contributed by atoms with Crippen molar-refractivity contribution < 1.29 is 19.1 Å². The van der Waals surface area contributed by atoms with Crippen LogP contribution < -0.4 is 10.6 Å². The number of hydrogen-bond donors (Lipinski definition) is 2. The number of methoxy groups -OCH3 is 1. The molecule has 0 aliphatic carbocycles. The third kappa shape index (κ3) is 5.59. The second-order valence-electron chi connectivity index (χ2n) is 7.26. The number of ether oxygens (including phenoxy) is 1. The zero-order chi connectivity index (χ0) is 21.3. The predicted molar refractivity (Wildman–Crippen MR) is 114 cm³/mol. The number of carbonyl (C=O) groups is 3. The monoisotopic (exact) mass is 409 g/mol. The van der Waals surface area contributed by atoms with Crippen LogP contribution in [-0.2, 0) is 16.0 Å². The van der Waals surface area contributed by atoms with E-state index >= 15 is 0 Å². The molecule has 30 heavy (non-hydrogen) atoms. The smallest absolute Gasteiger partial charge is 0.328 e. The largest absolute Gasteiger partial charge is 0.467 e. The molecule has 1 heterocycles. The fourth-order valence-corrected chi connectivity index (χ4v) is 3.55. The average molecular weight is 409 g/mol. The van der Waals surface area contributed by atoms with Gasteiger partial charge in [-0.3, -0.25) is 4.79 Å². The Morgan fingerprint density at radius 1 is 0.967 bits per heavy atom. The Kier molecular flexibility index (Phi) is 7.43. The van der Waals surface area contributed by atoms with E-state index < -0.39 is 18.0 Å². The Bertz CT molecular complexity index is 879. The molecule has 7 nitrogen and oxygen atoms in total. The molecule has 2 aromatic carbocycles. The van der Waals surface area contributed by atoms with Crippen LogP contribution >= 0.6 is 0 Å². The van der Waals surface area contributed by atoms with E-state index in [1.807, 2.05) is 35.2 Å². The van der Waals surface area contributed by atoms with Gasteiger partial charge in [-0.2, -0.15) is 0 Å². The van der Waals surface area contributed by atoms with E-state index in [0.29, 0.717) is 17.7 Å². The van der Waals surface area contributed by atoms with Crippen LogP contribution in [0.5, 0.6) is 0 Å². The highest BCUT2D eigenvalue weighted by molar-refractivity contribution is 6.03. The first-order chi connectivity index (χ1) is 14.6. The zero-order valence-electron chi connectivity index (χ0n) is 17.1. The zero-order valence-corrected chi connectivity index (χ0v) is 17.1. The number of likely N-dealkylation sites (tertiary alicyclic amines) is 1. The summed E-state index contributed by atoms with van der Waals surface area (Å²) in [6.45, 7) is 1.45. The maximum atomic E-state index is 12.9.